The minimum Gasteiger partial charge on any atom is -0.415 e. The van der Waals surface area contributed by atoms with Crippen molar-refractivity contribution >= 4 is 5.97 Å². The molecule has 26 heavy (non-hydrogen) atoms. The molecule has 0 radical (unpaired) electrons. The van der Waals surface area contributed by atoms with Crippen LogP contribution in [0.15, 0.2) is 30.3 Å². The van der Waals surface area contributed by atoms with Crippen molar-refractivity contribution in [3.63, 3.8) is 0 Å². The molecule has 0 amide bonds. The van der Waals surface area contributed by atoms with Crippen molar-refractivity contribution in [3.05, 3.63) is 70.8 Å². The molecular weight excluding hydrogens is 361 g/mol. The van der Waals surface area contributed by atoms with E-state index in [9.17, 15) is 26.7 Å². The molecule has 0 bridgehead atoms. The number of aryl methyl sites for hydroxylation is 1. The van der Waals surface area contributed by atoms with Crippen LogP contribution < -0.4 is 4.74 Å². The maximum Gasteiger partial charge on any atom is 0.366 e. The molecule has 2 aromatic carbocycles. The molecule has 0 spiro atoms. The van der Waals surface area contributed by atoms with E-state index in [2.05, 4.69) is 14.9 Å². The Morgan fingerprint density at radius 3 is 2.00 bits per heavy atom. The Balaban J connectivity index is 1.97. The molecule has 0 unspecified atom stereocenters. The maximum atomic E-state index is 13.6. The lowest BCUT2D eigenvalue weighted by molar-refractivity contribution is 0.0708. The number of para-hydroxylation sites is 1. The van der Waals surface area contributed by atoms with Gasteiger partial charge in [0.05, 0.1) is 11.4 Å². The summed E-state index contributed by atoms with van der Waals surface area (Å²) in [4.78, 5) is 13.1. The summed E-state index contributed by atoms with van der Waals surface area (Å²) in [7, 11) is 0. The summed E-state index contributed by atoms with van der Waals surface area (Å²) >= 11 is 0. The normalized spacial score (nSPS) is 10.8. The van der Waals surface area contributed by atoms with Crippen LogP contribution in [0.1, 0.15) is 16.2 Å². The van der Waals surface area contributed by atoms with E-state index < -0.39 is 46.5 Å². The number of esters is 1. The lowest BCUT2D eigenvalue weighted by Crippen LogP contribution is -2.15. The second-order valence-corrected chi connectivity index (χ2v) is 5.05. The highest BCUT2D eigenvalue weighted by atomic mass is 19.2. The number of carbonyl (C=O) groups is 1. The Morgan fingerprint density at radius 1 is 0.885 bits per heavy atom. The first-order valence-electron chi connectivity index (χ1n) is 7.04. The van der Waals surface area contributed by atoms with E-state index in [0.717, 1.165) is 4.80 Å². The minimum atomic E-state index is -2.36. The molecular formula is C16H8F5N3O2. The molecule has 5 nitrogen and oxygen atoms in total. The van der Waals surface area contributed by atoms with E-state index in [-0.39, 0.29) is 5.69 Å². The van der Waals surface area contributed by atoms with Crippen molar-refractivity contribution in [3.8, 4) is 11.4 Å². The van der Waals surface area contributed by atoms with Crippen LogP contribution in [0.3, 0.4) is 0 Å². The van der Waals surface area contributed by atoms with Crippen LogP contribution in [-0.2, 0) is 0 Å². The van der Waals surface area contributed by atoms with Crippen LogP contribution in [-0.4, -0.2) is 21.0 Å². The first kappa shape index (κ1) is 17.5. The summed E-state index contributed by atoms with van der Waals surface area (Å²) in [5.74, 6) is -14.5. The van der Waals surface area contributed by atoms with E-state index in [0.29, 0.717) is 5.69 Å². The third kappa shape index (κ3) is 2.89. The van der Waals surface area contributed by atoms with Gasteiger partial charge < -0.3 is 4.74 Å². The minimum absolute atomic E-state index is 0.0303. The molecule has 3 aromatic rings. The predicted octanol–water partition coefficient (Wildman–Crippen LogP) is 3.49. The van der Waals surface area contributed by atoms with E-state index in [4.69, 9.17) is 0 Å². The number of nitrogens with zero attached hydrogens (tertiary/aromatic N) is 3. The van der Waals surface area contributed by atoms with Gasteiger partial charge in [-0.1, -0.05) is 18.2 Å². The Kier molecular flexibility index (Phi) is 4.41. The Hall–Kier alpha value is -3.30. The van der Waals surface area contributed by atoms with Gasteiger partial charge >= 0.3 is 5.97 Å². The SMILES string of the molecule is Cc1nn(-c2ccccc2)nc1C(=O)Oc1c(F)c(F)c(F)c(F)c1F. The molecule has 3 rings (SSSR count). The Bertz CT molecular complexity index is 976. The van der Waals surface area contributed by atoms with Crippen molar-refractivity contribution in [2.75, 3.05) is 0 Å². The summed E-state index contributed by atoms with van der Waals surface area (Å²) < 4.78 is 70.9. The molecule has 0 aliphatic carbocycles. The Morgan fingerprint density at radius 2 is 1.42 bits per heavy atom. The van der Waals surface area contributed by atoms with Gasteiger partial charge in [-0.05, 0) is 19.1 Å². The van der Waals surface area contributed by atoms with Crippen molar-refractivity contribution in [1.29, 1.82) is 0 Å². The van der Waals surface area contributed by atoms with Crippen LogP contribution in [0, 0.1) is 36.0 Å². The molecule has 0 aliphatic heterocycles. The Labute approximate surface area is 142 Å². The molecule has 0 fully saturated rings. The van der Waals surface area contributed by atoms with Gasteiger partial charge in [0.2, 0.25) is 34.8 Å². The number of carbonyl (C=O) groups excluding carboxylic acids is 1. The molecule has 0 aliphatic rings. The van der Waals surface area contributed by atoms with E-state index >= 15 is 0 Å². The second-order valence-electron chi connectivity index (χ2n) is 5.05. The maximum absolute atomic E-state index is 13.6. The fourth-order valence-electron chi connectivity index (χ4n) is 2.06. The lowest BCUT2D eigenvalue weighted by atomic mass is 10.2. The van der Waals surface area contributed by atoms with E-state index in [1.54, 1.807) is 30.3 Å². The second kappa shape index (κ2) is 6.54. The molecule has 0 atom stereocenters. The lowest BCUT2D eigenvalue weighted by Gasteiger charge is -2.07. The third-order valence-corrected chi connectivity index (χ3v) is 3.33. The smallest absolute Gasteiger partial charge is 0.366 e. The number of rotatable bonds is 3. The highest BCUT2D eigenvalue weighted by Gasteiger charge is 2.30. The number of halogens is 5. The van der Waals surface area contributed by atoms with E-state index in [1.165, 1.54) is 6.92 Å². The van der Waals surface area contributed by atoms with E-state index in [1.807, 2.05) is 0 Å². The number of hydrogen-bond donors (Lipinski definition) is 0. The van der Waals surface area contributed by atoms with Crippen LogP contribution in [0.4, 0.5) is 22.0 Å². The highest BCUT2D eigenvalue weighted by Crippen LogP contribution is 2.29. The number of aromatic nitrogens is 3. The van der Waals surface area contributed by atoms with Crippen molar-refractivity contribution in [2.24, 2.45) is 0 Å². The highest BCUT2D eigenvalue weighted by molar-refractivity contribution is 5.90. The molecule has 10 heteroatoms. The zero-order chi connectivity index (χ0) is 19.0. The molecule has 1 heterocycles. The summed E-state index contributed by atoms with van der Waals surface area (Å²) in [5, 5.41) is 7.77. The van der Waals surface area contributed by atoms with Crippen molar-refractivity contribution in [2.45, 2.75) is 6.92 Å². The summed E-state index contributed by atoms with van der Waals surface area (Å²) in [6.45, 7) is 1.36. The average Bonchev–Trinajstić information content (AvgIpc) is 3.04. The average molecular weight is 369 g/mol. The molecule has 0 saturated carbocycles. The first-order valence-corrected chi connectivity index (χ1v) is 7.04. The van der Waals surface area contributed by atoms with Gasteiger partial charge in [-0.15, -0.1) is 5.10 Å². The number of benzene rings is 2. The largest absolute Gasteiger partial charge is 0.415 e. The van der Waals surface area contributed by atoms with Gasteiger partial charge in [0, 0.05) is 0 Å². The number of ether oxygens (including phenoxy) is 1. The standard InChI is InChI=1S/C16H8F5N3O2/c1-7-14(23-24(22-7)8-5-3-2-4-6-8)16(25)26-15-12(20)10(18)9(17)11(19)13(15)21/h2-6H,1H3. The van der Waals surface area contributed by atoms with Crippen LogP contribution >= 0.6 is 0 Å². The van der Waals surface area contributed by atoms with Crippen LogP contribution in [0.2, 0.25) is 0 Å². The summed E-state index contributed by atoms with van der Waals surface area (Å²) in [5.41, 5.74) is 0.0615. The van der Waals surface area contributed by atoms with Gasteiger partial charge in [-0.2, -0.15) is 18.7 Å². The molecule has 134 valence electrons. The third-order valence-electron chi connectivity index (χ3n) is 3.33. The van der Waals surface area contributed by atoms with Gasteiger partial charge in [0.25, 0.3) is 0 Å². The van der Waals surface area contributed by atoms with Crippen LogP contribution in [0.25, 0.3) is 5.69 Å². The molecule has 0 N–H and O–H groups in total. The quantitative estimate of drug-likeness (QED) is 0.233. The van der Waals surface area contributed by atoms with Gasteiger partial charge in [-0.25, -0.2) is 18.0 Å². The number of hydrogen-bond acceptors (Lipinski definition) is 4. The zero-order valence-electron chi connectivity index (χ0n) is 12.9. The van der Waals surface area contributed by atoms with Crippen LogP contribution in [0.5, 0.6) is 5.75 Å². The first-order chi connectivity index (χ1) is 12.3. The topological polar surface area (TPSA) is 57.0 Å². The fraction of sp³-hybridized carbons (Fsp3) is 0.0625. The van der Waals surface area contributed by atoms with Gasteiger partial charge in [0.1, 0.15) is 0 Å². The van der Waals surface area contributed by atoms with Gasteiger partial charge in [-0.3, -0.25) is 0 Å². The van der Waals surface area contributed by atoms with Gasteiger partial charge in [0.15, 0.2) is 5.69 Å². The monoisotopic (exact) mass is 369 g/mol. The molecule has 1 aromatic heterocycles. The zero-order valence-corrected chi connectivity index (χ0v) is 12.9. The van der Waals surface area contributed by atoms with Crippen molar-refractivity contribution < 1.29 is 31.5 Å². The summed E-state index contributed by atoms with van der Waals surface area (Å²) in [6, 6.07) is 8.34. The van der Waals surface area contributed by atoms with Crippen molar-refractivity contribution in [1.82, 2.24) is 15.0 Å². The molecule has 0 saturated heterocycles. The predicted molar refractivity (Wildman–Crippen MR) is 77.3 cm³/mol. The fourth-order valence-corrected chi connectivity index (χ4v) is 2.06. The summed E-state index contributed by atoms with van der Waals surface area (Å²) in [6.07, 6.45) is 0.